The summed E-state index contributed by atoms with van der Waals surface area (Å²) in [5.74, 6) is -1.36. The zero-order chi connectivity index (χ0) is 22.1. The number of amides is 3. The van der Waals surface area contributed by atoms with Gasteiger partial charge in [-0.3, -0.25) is 14.4 Å². The van der Waals surface area contributed by atoms with Gasteiger partial charge in [-0.25, -0.2) is 4.90 Å². The second kappa shape index (κ2) is 8.91. The molecule has 0 spiro atoms. The molecule has 1 N–H and O–H groups in total. The van der Waals surface area contributed by atoms with Crippen molar-refractivity contribution in [3.8, 4) is 0 Å². The molecule has 0 bridgehead atoms. The van der Waals surface area contributed by atoms with E-state index in [2.05, 4.69) is 5.32 Å². The van der Waals surface area contributed by atoms with Gasteiger partial charge < -0.3 is 10.2 Å². The molecule has 2 heterocycles. The van der Waals surface area contributed by atoms with Gasteiger partial charge in [0.05, 0.1) is 10.7 Å². The summed E-state index contributed by atoms with van der Waals surface area (Å²) in [6, 6.07) is 11.2. The molecule has 2 aliphatic heterocycles. The number of imide groups is 1. The van der Waals surface area contributed by atoms with Gasteiger partial charge in [0.2, 0.25) is 0 Å². The largest absolute Gasteiger partial charge is 0.350 e. The van der Waals surface area contributed by atoms with E-state index in [1.54, 1.807) is 30.3 Å². The van der Waals surface area contributed by atoms with Gasteiger partial charge in [-0.1, -0.05) is 34.8 Å². The number of anilines is 2. The van der Waals surface area contributed by atoms with Crippen molar-refractivity contribution >= 4 is 63.9 Å². The number of hydrogen-bond donors (Lipinski definition) is 1. The Balaban J connectivity index is 1.52. The summed E-state index contributed by atoms with van der Waals surface area (Å²) in [6.45, 7) is 1.53. The van der Waals surface area contributed by atoms with Crippen LogP contribution in [-0.2, 0) is 9.59 Å². The van der Waals surface area contributed by atoms with Crippen LogP contribution in [0.1, 0.15) is 29.6 Å². The lowest BCUT2D eigenvalue weighted by Gasteiger charge is -2.26. The Labute approximate surface area is 194 Å². The van der Waals surface area contributed by atoms with Crippen molar-refractivity contribution in [2.75, 3.05) is 23.3 Å². The van der Waals surface area contributed by atoms with E-state index >= 15 is 0 Å². The van der Waals surface area contributed by atoms with E-state index in [1.807, 2.05) is 4.90 Å². The molecule has 2 aliphatic rings. The van der Waals surface area contributed by atoms with Gasteiger partial charge >= 0.3 is 0 Å². The third-order valence-corrected chi connectivity index (χ3v) is 6.13. The summed E-state index contributed by atoms with van der Waals surface area (Å²) in [5, 5.41) is 3.15. The van der Waals surface area contributed by atoms with E-state index < -0.39 is 11.8 Å². The predicted molar refractivity (Wildman–Crippen MR) is 122 cm³/mol. The fourth-order valence-corrected chi connectivity index (χ4v) is 4.19. The number of halogens is 3. The first-order valence-corrected chi connectivity index (χ1v) is 10.9. The van der Waals surface area contributed by atoms with Crippen molar-refractivity contribution in [1.29, 1.82) is 0 Å². The number of rotatable bonds is 4. The molecule has 6 nitrogen and oxygen atoms in total. The molecule has 2 aromatic rings. The van der Waals surface area contributed by atoms with Crippen LogP contribution < -0.4 is 10.2 Å². The van der Waals surface area contributed by atoms with Crippen LogP contribution in [0.25, 0.3) is 0 Å². The standard InChI is InChI=1S/C22H18Cl3N3O3/c23-14-6-9-16(24)17(12-14)28-21(30)18(25)19(22(28)31)26-15-7-4-13(5-8-15)20(29)27-10-2-1-3-11-27/h4-9,12,26H,1-3,10-11H2. The van der Waals surface area contributed by atoms with E-state index in [1.165, 1.54) is 12.1 Å². The van der Waals surface area contributed by atoms with Crippen LogP contribution in [0, 0.1) is 0 Å². The average molecular weight is 479 g/mol. The minimum atomic E-state index is -0.699. The molecular weight excluding hydrogens is 461 g/mol. The molecule has 0 atom stereocenters. The number of carbonyl (C=O) groups excluding carboxylic acids is 3. The van der Waals surface area contributed by atoms with E-state index in [0.717, 1.165) is 37.3 Å². The summed E-state index contributed by atoms with van der Waals surface area (Å²) in [6.07, 6.45) is 3.18. The number of benzene rings is 2. The lowest BCUT2D eigenvalue weighted by Crippen LogP contribution is -2.35. The van der Waals surface area contributed by atoms with Crippen LogP contribution in [0.15, 0.2) is 53.2 Å². The molecule has 0 radical (unpaired) electrons. The molecule has 31 heavy (non-hydrogen) atoms. The Kier molecular flexibility index (Phi) is 6.23. The minimum absolute atomic E-state index is 0.0163. The third-order valence-electron chi connectivity index (χ3n) is 5.22. The molecule has 4 rings (SSSR count). The van der Waals surface area contributed by atoms with Gasteiger partial charge in [0.1, 0.15) is 10.7 Å². The number of carbonyl (C=O) groups is 3. The normalized spacial score (nSPS) is 16.9. The van der Waals surface area contributed by atoms with E-state index in [0.29, 0.717) is 16.3 Å². The van der Waals surface area contributed by atoms with Crippen LogP contribution in [0.3, 0.4) is 0 Å². The zero-order valence-electron chi connectivity index (χ0n) is 16.3. The fraction of sp³-hybridized carbons (Fsp3) is 0.227. The first kappa shape index (κ1) is 21.7. The maximum atomic E-state index is 12.9. The third kappa shape index (κ3) is 4.28. The molecule has 9 heteroatoms. The summed E-state index contributed by atoms with van der Waals surface area (Å²) in [4.78, 5) is 40.9. The Morgan fingerprint density at radius 3 is 2.23 bits per heavy atom. The number of nitrogens with one attached hydrogen (secondary N) is 1. The molecule has 0 aromatic heterocycles. The summed E-state index contributed by atoms with van der Waals surface area (Å²) < 4.78 is 0. The van der Waals surface area contributed by atoms with Crippen molar-refractivity contribution in [3.05, 3.63) is 68.8 Å². The highest BCUT2D eigenvalue weighted by Crippen LogP contribution is 2.35. The van der Waals surface area contributed by atoms with Crippen LogP contribution in [0.5, 0.6) is 0 Å². The number of likely N-dealkylation sites (tertiary alicyclic amines) is 1. The summed E-state index contributed by atoms with van der Waals surface area (Å²) >= 11 is 18.3. The second-order valence-electron chi connectivity index (χ2n) is 7.29. The molecule has 3 amide bonds. The van der Waals surface area contributed by atoms with Gasteiger partial charge in [-0.15, -0.1) is 0 Å². The SMILES string of the molecule is O=C(c1ccc(NC2=C(Cl)C(=O)N(c3cc(Cl)ccc3Cl)C2=O)cc1)N1CCCCC1. The van der Waals surface area contributed by atoms with E-state index in [4.69, 9.17) is 34.8 Å². The summed E-state index contributed by atoms with van der Waals surface area (Å²) in [5.41, 5.74) is 1.16. The quantitative estimate of drug-likeness (QED) is 0.624. The lowest BCUT2D eigenvalue weighted by atomic mass is 10.1. The number of hydrogen-bond acceptors (Lipinski definition) is 4. The smallest absolute Gasteiger partial charge is 0.283 e. The van der Waals surface area contributed by atoms with Gasteiger partial charge in [-0.05, 0) is 61.7 Å². The van der Waals surface area contributed by atoms with Crippen LogP contribution in [-0.4, -0.2) is 35.7 Å². The van der Waals surface area contributed by atoms with Crippen molar-refractivity contribution in [3.63, 3.8) is 0 Å². The highest BCUT2D eigenvalue weighted by molar-refractivity contribution is 6.54. The maximum Gasteiger partial charge on any atom is 0.283 e. The Morgan fingerprint density at radius 1 is 0.871 bits per heavy atom. The predicted octanol–water partition coefficient (Wildman–Crippen LogP) is 5.06. The molecular formula is C22H18Cl3N3O3. The molecule has 0 unspecified atom stereocenters. The second-order valence-corrected chi connectivity index (χ2v) is 8.51. The minimum Gasteiger partial charge on any atom is -0.350 e. The topological polar surface area (TPSA) is 69.7 Å². The van der Waals surface area contributed by atoms with Crippen LogP contribution in [0.2, 0.25) is 10.0 Å². The molecule has 0 aliphatic carbocycles. The van der Waals surface area contributed by atoms with Gasteiger partial charge in [0.15, 0.2) is 0 Å². The van der Waals surface area contributed by atoms with Crippen LogP contribution in [0.4, 0.5) is 11.4 Å². The average Bonchev–Trinajstić information content (AvgIpc) is 2.99. The molecule has 2 aromatic carbocycles. The highest BCUT2D eigenvalue weighted by atomic mass is 35.5. The van der Waals surface area contributed by atoms with Crippen molar-refractivity contribution < 1.29 is 14.4 Å². The molecule has 160 valence electrons. The van der Waals surface area contributed by atoms with Gasteiger partial charge in [-0.2, -0.15) is 0 Å². The number of nitrogens with zero attached hydrogens (tertiary/aromatic N) is 2. The monoisotopic (exact) mass is 477 g/mol. The number of piperidine rings is 1. The first-order chi connectivity index (χ1) is 14.9. The van der Waals surface area contributed by atoms with E-state index in [9.17, 15) is 14.4 Å². The molecule has 0 saturated carbocycles. The molecule has 1 fully saturated rings. The Hall–Kier alpha value is -2.54. The van der Waals surface area contributed by atoms with Gasteiger partial charge in [0, 0.05) is 29.4 Å². The van der Waals surface area contributed by atoms with Crippen molar-refractivity contribution in [1.82, 2.24) is 4.90 Å². The zero-order valence-corrected chi connectivity index (χ0v) is 18.6. The Morgan fingerprint density at radius 2 is 1.55 bits per heavy atom. The van der Waals surface area contributed by atoms with Gasteiger partial charge in [0.25, 0.3) is 17.7 Å². The molecule has 1 saturated heterocycles. The van der Waals surface area contributed by atoms with Crippen molar-refractivity contribution in [2.45, 2.75) is 19.3 Å². The highest BCUT2D eigenvalue weighted by Gasteiger charge is 2.40. The lowest BCUT2D eigenvalue weighted by molar-refractivity contribution is -0.120. The first-order valence-electron chi connectivity index (χ1n) is 9.77. The van der Waals surface area contributed by atoms with E-state index in [-0.39, 0.29) is 27.3 Å². The summed E-state index contributed by atoms with van der Waals surface area (Å²) in [7, 11) is 0. The maximum absolute atomic E-state index is 12.9. The van der Waals surface area contributed by atoms with Crippen LogP contribution >= 0.6 is 34.8 Å². The van der Waals surface area contributed by atoms with Crippen molar-refractivity contribution in [2.24, 2.45) is 0 Å². The fourth-order valence-electron chi connectivity index (χ4n) is 3.61. The Bertz CT molecular complexity index is 1090.